The number of nitrogens with one attached hydrogen (secondary N) is 1. The number of nitrogens with two attached hydrogens (primary N) is 1. The second-order valence-corrected chi connectivity index (χ2v) is 3.19. The van der Waals surface area contributed by atoms with E-state index in [0.717, 1.165) is 11.3 Å². The molecule has 0 aliphatic heterocycles. The van der Waals surface area contributed by atoms with E-state index >= 15 is 0 Å². The summed E-state index contributed by atoms with van der Waals surface area (Å²) in [6.45, 7) is 3.77. The van der Waals surface area contributed by atoms with Crippen LogP contribution in [-0.2, 0) is 4.79 Å². The molecule has 0 saturated heterocycles. The Bertz CT molecular complexity index is 325. The Kier molecular flexibility index (Phi) is 3.59. The van der Waals surface area contributed by atoms with Gasteiger partial charge in [0.1, 0.15) is 0 Å². The Morgan fingerprint density at radius 1 is 1.71 bits per heavy atom. The number of nitrogens with zero attached hydrogens (tertiary/aromatic N) is 1. The van der Waals surface area contributed by atoms with Crippen molar-refractivity contribution in [3.05, 3.63) is 24.0 Å². The fourth-order valence-electron chi connectivity index (χ4n) is 1.02. The molecule has 4 heteroatoms. The molecule has 1 heterocycles. The van der Waals surface area contributed by atoms with Crippen molar-refractivity contribution < 1.29 is 4.79 Å². The first-order chi connectivity index (χ1) is 6.65. The number of pyridine rings is 1. The number of amides is 1. The van der Waals surface area contributed by atoms with Gasteiger partial charge in [-0.05, 0) is 25.0 Å². The van der Waals surface area contributed by atoms with Crippen LogP contribution in [0.1, 0.15) is 18.9 Å². The summed E-state index contributed by atoms with van der Waals surface area (Å²) in [7, 11) is 0. The van der Waals surface area contributed by atoms with Crippen LogP contribution in [-0.4, -0.2) is 16.9 Å². The Hall–Kier alpha value is -1.42. The first-order valence-electron chi connectivity index (χ1n) is 4.62. The molecule has 1 atom stereocenters. The Balaban J connectivity index is 2.70. The quantitative estimate of drug-likeness (QED) is 0.754. The molecule has 14 heavy (non-hydrogen) atoms. The molecule has 76 valence electrons. The lowest BCUT2D eigenvalue weighted by Gasteiger charge is -2.11. The molecule has 1 aromatic rings. The lowest BCUT2D eigenvalue weighted by atomic mass is 10.2. The number of hydrogen-bond acceptors (Lipinski definition) is 3. The summed E-state index contributed by atoms with van der Waals surface area (Å²) in [6, 6.07) is 1.32. The van der Waals surface area contributed by atoms with Crippen LogP contribution in [0.5, 0.6) is 0 Å². The minimum Gasteiger partial charge on any atom is -0.324 e. The fraction of sp³-hybridized carbons (Fsp3) is 0.400. The molecule has 4 nitrogen and oxygen atoms in total. The molecule has 0 spiro atoms. The van der Waals surface area contributed by atoms with Crippen molar-refractivity contribution in [1.29, 1.82) is 0 Å². The van der Waals surface area contributed by atoms with Crippen molar-refractivity contribution in [2.75, 3.05) is 5.32 Å². The van der Waals surface area contributed by atoms with Gasteiger partial charge in [0.05, 0.1) is 6.04 Å². The molecule has 3 N–H and O–H groups in total. The van der Waals surface area contributed by atoms with Crippen LogP contribution in [0.2, 0.25) is 0 Å². The maximum atomic E-state index is 11.4. The minimum atomic E-state index is -0.442. The van der Waals surface area contributed by atoms with Gasteiger partial charge >= 0.3 is 0 Å². The molecule has 0 aromatic carbocycles. The van der Waals surface area contributed by atoms with Gasteiger partial charge < -0.3 is 11.1 Å². The largest absolute Gasteiger partial charge is 0.324 e. The third-order valence-corrected chi connectivity index (χ3v) is 2.05. The van der Waals surface area contributed by atoms with Gasteiger partial charge in [-0.1, -0.05) is 6.92 Å². The molecule has 0 radical (unpaired) electrons. The van der Waals surface area contributed by atoms with E-state index in [1.165, 1.54) is 0 Å². The Morgan fingerprint density at radius 2 is 2.43 bits per heavy atom. The number of anilines is 1. The zero-order valence-electron chi connectivity index (χ0n) is 8.45. The van der Waals surface area contributed by atoms with Crippen molar-refractivity contribution in [1.82, 2.24) is 4.98 Å². The molecular formula is C10H15N3O. The van der Waals surface area contributed by atoms with Crippen LogP contribution in [0.25, 0.3) is 0 Å². The van der Waals surface area contributed by atoms with Crippen LogP contribution in [0, 0.1) is 6.92 Å². The third-order valence-electron chi connectivity index (χ3n) is 2.05. The van der Waals surface area contributed by atoms with E-state index in [1.54, 1.807) is 18.5 Å². The normalized spacial score (nSPS) is 12.2. The maximum absolute atomic E-state index is 11.4. The highest BCUT2D eigenvalue weighted by atomic mass is 16.2. The van der Waals surface area contributed by atoms with Crippen LogP contribution in [0.4, 0.5) is 5.69 Å². The highest BCUT2D eigenvalue weighted by Crippen LogP contribution is 2.11. The first-order valence-corrected chi connectivity index (χ1v) is 4.62. The van der Waals surface area contributed by atoms with Gasteiger partial charge in [-0.25, -0.2) is 0 Å². The summed E-state index contributed by atoms with van der Waals surface area (Å²) < 4.78 is 0. The van der Waals surface area contributed by atoms with Gasteiger partial charge in [0.25, 0.3) is 0 Å². The first kappa shape index (κ1) is 10.7. The lowest BCUT2D eigenvalue weighted by molar-refractivity contribution is -0.117. The van der Waals surface area contributed by atoms with Gasteiger partial charge in [-0.3, -0.25) is 9.78 Å². The predicted molar refractivity (Wildman–Crippen MR) is 55.9 cm³/mol. The molecule has 0 saturated carbocycles. The van der Waals surface area contributed by atoms with E-state index in [4.69, 9.17) is 5.73 Å². The molecular weight excluding hydrogens is 178 g/mol. The molecule has 0 unspecified atom stereocenters. The van der Waals surface area contributed by atoms with E-state index in [-0.39, 0.29) is 5.91 Å². The van der Waals surface area contributed by atoms with Gasteiger partial charge in [0.15, 0.2) is 0 Å². The van der Waals surface area contributed by atoms with Crippen LogP contribution < -0.4 is 11.1 Å². The fourth-order valence-corrected chi connectivity index (χ4v) is 1.02. The number of carbonyl (C=O) groups is 1. The molecule has 1 amide bonds. The molecule has 0 fully saturated rings. The summed E-state index contributed by atoms with van der Waals surface area (Å²) in [5, 5.41) is 2.76. The second-order valence-electron chi connectivity index (χ2n) is 3.19. The monoisotopic (exact) mass is 193 g/mol. The average molecular weight is 193 g/mol. The Labute approximate surface area is 83.5 Å². The zero-order valence-corrected chi connectivity index (χ0v) is 8.45. The van der Waals surface area contributed by atoms with Crippen molar-refractivity contribution >= 4 is 11.6 Å². The SMILES string of the molecule is CC[C@H](N)C(=O)Nc1ccncc1C. The van der Waals surface area contributed by atoms with Crippen molar-refractivity contribution in [3.63, 3.8) is 0 Å². The summed E-state index contributed by atoms with van der Waals surface area (Å²) in [5.41, 5.74) is 7.29. The topological polar surface area (TPSA) is 68.0 Å². The smallest absolute Gasteiger partial charge is 0.241 e. The molecule has 0 bridgehead atoms. The molecule has 1 rings (SSSR count). The van der Waals surface area contributed by atoms with E-state index in [1.807, 2.05) is 13.8 Å². The number of aromatic nitrogens is 1. The van der Waals surface area contributed by atoms with Crippen LogP contribution >= 0.6 is 0 Å². The highest BCUT2D eigenvalue weighted by molar-refractivity contribution is 5.95. The van der Waals surface area contributed by atoms with Gasteiger partial charge in [-0.2, -0.15) is 0 Å². The van der Waals surface area contributed by atoms with E-state index in [2.05, 4.69) is 10.3 Å². The van der Waals surface area contributed by atoms with Crippen LogP contribution in [0.3, 0.4) is 0 Å². The number of hydrogen-bond donors (Lipinski definition) is 2. The van der Waals surface area contributed by atoms with Gasteiger partial charge in [0, 0.05) is 18.1 Å². The summed E-state index contributed by atoms with van der Waals surface area (Å²) >= 11 is 0. The molecule has 0 aliphatic carbocycles. The second kappa shape index (κ2) is 4.72. The highest BCUT2D eigenvalue weighted by Gasteiger charge is 2.11. The Morgan fingerprint density at radius 3 is 3.00 bits per heavy atom. The minimum absolute atomic E-state index is 0.151. The van der Waals surface area contributed by atoms with Crippen molar-refractivity contribution in [3.8, 4) is 0 Å². The van der Waals surface area contributed by atoms with Crippen molar-refractivity contribution in [2.45, 2.75) is 26.3 Å². The molecule has 1 aromatic heterocycles. The third kappa shape index (κ3) is 2.53. The summed E-state index contributed by atoms with van der Waals surface area (Å²) in [6.07, 6.45) is 3.98. The van der Waals surface area contributed by atoms with Gasteiger partial charge in [0.2, 0.25) is 5.91 Å². The van der Waals surface area contributed by atoms with E-state index < -0.39 is 6.04 Å². The maximum Gasteiger partial charge on any atom is 0.241 e. The molecule has 0 aliphatic rings. The van der Waals surface area contributed by atoms with Crippen molar-refractivity contribution in [2.24, 2.45) is 5.73 Å². The number of carbonyl (C=O) groups excluding carboxylic acids is 1. The van der Waals surface area contributed by atoms with Crippen LogP contribution in [0.15, 0.2) is 18.5 Å². The number of rotatable bonds is 3. The average Bonchev–Trinajstić information content (AvgIpc) is 2.20. The lowest BCUT2D eigenvalue weighted by Crippen LogP contribution is -2.35. The van der Waals surface area contributed by atoms with E-state index in [0.29, 0.717) is 6.42 Å². The summed E-state index contributed by atoms with van der Waals surface area (Å²) in [4.78, 5) is 15.4. The van der Waals surface area contributed by atoms with Gasteiger partial charge in [-0.15, -0.1) is 0 Å². The predicted octanol–water partition coefficient (Wildman–Crippen LogP) is 1.07. The number of aryl methyl sites for hydroxylation is 1. The van der Waals surface area contributed by atoms with E-state index in [9.17, 15) is 4.79 Å². The standard InChI is InChI=1S/C10H15N3O/c1-3-8(11)10(14)13-9-4-5-12-6-7(9)2/h4-6,8H,3,11H2,1-2H3,(H,12,13,14)/t8-/m0/s1. The zero-order chi connectivity index (χ0) is 10.6. The summed E-state index contributed by atoms with van der Waals surface area (Å²) in [5.74, 6) is -0.151.